The van der Waals surface area contributed by atoms with E-state index >= 15 is 0 Å². The normalized spacial score (nSPS) is 10.4. The molecule has 0 aromatic heterocycles. The highest BCUT2D eigenvalue weighted by Crippen LogP contribution is 2.31. The Kier molecular flexibility index (Phi) is 7.22. The summed E-state index contributed by atoms with van der Waals surface area (Å²) in [6.45, 7) is 0.790. The van der Waals surface area contributed by atoms with Crippen molar-refractivity contribution in [3.63, 3.8) is 0 Å². The number of rotatable bonds is 9. The predicted molar refractivity (Wildman–Crippen MR) is 70.0 cm³/mol. The first-order valence-electron chi connectivity index (χ1n) is 6.34. The summed E-state index contributed by atoms with van der Waals surface area (Å²) in [6.07, 6.45) is 3.82. The van der Waals surface area contributed by atoms with Crippen molar-refractivity contribution >= 4 is 0 Å². The van der Waals surface area contributed by atoms with E-state index in [1.807, 2.05) is 18.2 Å². The monoisotopic (exact) mass is 254 g/mol. The van der Waals surface area contributed by atoms with E-state index in [-0.39, 0.29) is 13.2 Å². The van der Waals surface area contributed by atoms with Gasteiger partial charge in [-0.15, -0.1) is 0 Å². The van der Waals surface area contributed by atoms with Gasteiger partial charge in [-0.2, -0.15) is 0 Å². The second-order valence-electron chi connectivity index (χ2n) is 4.09. The molecule has 0 saturated carbocycles. The summed E-state index contributed by atoms with van der Waals surface area (Å²) in [5.41, 5.74) is 0.740. The molecule has 0 radical (unpaired) electrons. The van der Waals surface area contributed by atoms with Crippen molar-refractivity contribution in [1.82, 2.24) is 0 Å². The van der Waals surface area contributed by atoms with Crippen LogP contribution in [0.2, 0.25) is 0 Å². The van der Waals surface area contributed by atoms with Crippen molar-refractivity contribution in [3.8, 4) is 11.5 Å². The molecule has 102 valence electrons. The Balaban J connectivity index is 2.45. The van der Waals surface area contributed by atoms with Gasteiger partial charge in [0.1, 0.15) is 0 Å². The predicted octanol–water partition coefficient (Wildman–Crippen LogP) is 2.12. The van der Waals surface area contributed by atoms with Crippen LogP contribution in [0, 0.1) is 0 Å². The van der Waals surface area contributed by atoms with Crippen LogP contribution in [0.4, 0.5) is 0 Å². The second-order valence-corrected chi connectivity index (χ2v) is 4.09. The van der Waals surface area contributed by atoms with E-state index in [1.54, 1.807) is 7.11 Å². The number of hydrogen-bond donors (Lipinski definition) is 2. The molecule has 0 spiro atoms. The Labute approximate surface area is 108 Å². The topological polar surface area (TPSA) is 58.9 Å². The van der Waals surface area contributed by atoms with Gasteiger partial charge in [-0.05, 0) is 25.3 Å². The fourth-order valence-corrected chi connectivity index (χ4v) is 1.75. The molecule has 0 heterocycles. The van der Waals surface area contributed by atoms with E-state index in [1.165, 1.54) is 0 Å². The molecule has 0 aliphatic carbocycles. The average molecular weight is 254 g/mol. The molecule has 0 bridgehead atoms. The van der Waals surface area contributed by atoms with Crippen LogP contribution in [-0.2, 0) is 6.61 Å². The van der Waals surface area contributed by atoms with E-state index < -0.39 is 0 Å². The molecule has 0 atom stereocenters. The fourth-order valence-electron chi connectivity index (χ4n) is 1.75. The smallest absolute Gasteiger partial charge is 0.166 e. The summed E-state index contributed by atoms with van der Waals surface area (Å²) in [5.74, 6) is 1.28. The quantitative estimate of drug-likeness (QED) is 0.663. The highest BCUT2D eigenvalue weighted by atomic mass is 16.5. The number of aliphatic hydroxyl groups excluding tert-OH is 2. The molecule has 0 fully saturated rings. The molecule has 4 nitrogen and oxygen atoms in total. The Morgan fingerprint density at radius 2 is 1.83 bits per heavy atom. The molecule has 2 N–H and O–H groups in total. The third-order valence-corrected chi connectivity index (χ3v) is 2.75. The highest BCUT2D eigenvalue weighted by Gasteiger charge is 2.09. The molecule has 1 rings (SSSR count). The number of hydrogen-bond acceptors (Lipinski definition) is 4. The molecule has 0 aliphatic heterocycles. The zero-order valence-corrected chi connectivity index (χ0v) is 10.9. The minimum Gasteiger partial charge on any atom is -0.493 e. The number of aliphatic hydroxyl groups is 2. The minimum absolute atomic E-state index is 0.0585. The Morgan fingerprint density at radius 1 is 1.06 bits per heavy atom. The lowest BCUT2D eigenvalue weighted by Gasteiger charge is -2.13. The molecule has 18 heavy (non-hydrogen) atoms. The Hall–Kier alpha value is -1.26. The molecule has 0 amide bonds. The fraction of sp³-hybridized carbons (Fsp3) is 0.571. The van der Waals surface area contributed by atoms with Crippen molar-refractivity contribution < 1.29 is 19.7 Å². The van der Waals surface area contributed by atoms with Gasteiger partial charge < -0.3 is 19.7 Å². The lowest BCUT2D eigenvalue weighted by molar-refractivity contribution is 0.248. The van der Waals surface area contributed by atoms with Crippen LogP contribution in [0.5, 0.6) is 11.5 Å². The van der Waals surface area contributed by atoms with Crippen LogP contribution in [0.15, 0.2) is 18.2 Å². The Bertz CT molecular complexity index is 316. The van der Waals surface area contributed by atoms with E-state index in [0.717, 1.165) is 31.2 Å². The summed E-state index contributed by atoms with van der Waals surface area (Å²) >= 11 is 0. The molecule has 0 unspecified atom stereocenters. The van der Waals surface area contributed by atoms with Gasteiger partial charge in [-0.1, -0.05) is 18.6 Å². The van der Waals surface area contributed by atoms with Crippen molar-refractivity contribution in [3.05, 3.63) is 23.8 Å². The van der Waals surface area contributed by atoms with E-state index in [2.05, 4.69) is 0 Å². The molecule has 0 saturated heterocycles. The highest BCUT2D eigenvalue weighted by molar-refractivity contribution is 5.46. The molecular formula is C14H22O4. The number of ether oxygens (including phenoxy) is 2. The minimum atomic E-state index is -0.0585. The van der Waals surface area contributed by atoms with Gasteiger partial charge in [-0.3, -0.25) is 0 Å². The number of para-hydroxylation sites is 1. The molecule has 1 aromatic rings. The van der Waals surface area contributed by atoms with Gasteiger partial charge in [0, 0.05) is 12.2 Å². The average Bonchev–Trinajstić information content (AvgIpc) is 2.42. The van der Waals surface area contributed by atoms with E-state index in [0.29, 0.717) is 18.1 Å². The summed E-state index contributed by atoms with van der Waals surface area (Å²) in [6, 6.07) is 5.47. The summed E-state index contributed by atoms with van der Waals surface area (Å²) in [5, 5.41) is 17.9. The maximum atomic E-state index is 9.25. The van der Waals surface area contributed by atoms with Crippen LogP contribution >= 0.6 is 0 Å². The maximum Gasteiger partial charge on any atom is 0.166 e. The standard InChI is InChI=1S/C14H22O4/c1-17-13-8-6-7-12(11-16)14(13)18-10-5-3-2-4-9-15/h6-8,15-16H,2-5,9-11H2,1H3. The second kappa shape index (κ2) is 8.78. The Morgan fingerprint density at radius 3 is 2.50 bits per heavy atom. The SMILES string of the molecule is COc1cccc(CO)c1OCCCCCCO. The van der Waals surface area contributed by atoms with Crippen molar-refractivity contribution in [1.29, 1.82) is 0 Å². The van der Waals surface area contributed by atoms with Crippen LogP contribution in [0.1, 0.15) is 31.2 Å². The first-order valence-corrected chi connectivity index (χ1v) is 6.34. The van der Waals surface area contributed by atoms with Crippen molar-refractivity contribution in [2.75, 3.05) is 20.3 Å². The zero-order chi connectivity index (χ0) is 13.2. The van der Waals surface area contributed by atoms with Gasteiger partial charge in [0.2, 0.25) is 0 Å². The first kappa shape index (κ1) is 14.8. The lowest BCUT2D eigenvalue weighted by Crippen LogP contribution is -2.02. The zero-order valence-electron chi connectivity index (χ0n) is 10.9. The van der Waals surface area contributed by atoms with Gasteiger partial charge in [0.15, 0.2) is 11.5 Å². The van der Waals surface area contributed by atoms with Crippen LogP contribution in [0.25, 0.3) is 0 Å². The third kappa shape index (κ3) is 4.55. The van der Waals surface area contributed by atoms with Crippen LogP contribution in [0.3, 0.4) is 0 Å². The molecule has 1 aromatic carbocycles. The number of benzene rings is 1. The summed E-state index contributed by atoms with van der Waals surface area (Å²) in [7, 11) is 1.59. The maximum absolute atomic E-state index is 9.25. The number of unbranched alkanes of at least 4 members (excludes halogenated alkanes) is 3. The molecule has 0 aliphatic rings. The van der Waals surface area contributed by atoms with Crippen molar-refractivity contribution in [2.24, 2.45) is 0 Å². The van der Waals surface area contributed by atoms with E-state index in [9.17, 15) is 5.11 Å². The summed E-state index contributed by atoms with van der Waals surface area (Å²) < 4.78 is 10.9. The van der Waals surface area contributed by atoms with E-state index in [4.69, 9.17) is 14.6 Å². The molecule has 4 heteroatoms. The van der Waals surface area contributed by atoms with Gasteiger partial charge >= 0.3 is 0 Å². The van der Waals surface area contributed by atoms with Crippen LogP contribution < -0.4 is 9.47 Å². The van der Waals surface area contributed by atoms with Gasteiger partial charge in [-0.25, -0.2) is 0 Å². The third-order valence-electron chi connectivity index (χ3n) is 2.75. The largest absolute Gasteiger partial charge is 0.493 e. The first-order chi connectivity index (χ1) is 8.83. The van der Waals surface area contributed by atoms with Gasteiger partial charge in [0.25, 0.3) is 0 Å². The van der Waals surface area contributed by atoms with Crippen LogP contribution in [-0.4, -0.2) is 30.5 Å². The van der Waals surface area contributed by atoms with Gasteiger partial charge in [0.05, 0.1) is 20.3 Å². The molecular weight excluding hydrogens is 232 g/mol. The summed E-state index contributed by atoms with van der Waals surface area (Å²) in [4.78, 5) is 0. The number of methoxy groups -OCH3 is 1. The van der Waals surface area contributed by atoms with Crippen molar-refractivity contribution in [2.45, 2.75) is 32.3 Å². The lowest BCUT2D eigenvalue weighted by atomic mass is 10.2.